The smallest absolute Gasteiger partial charge is 0.257 e. The number of aryl methyl sites for hydroxylation is 1. The van der Waals surface area contributed by atoms with Crippen LogP contribution in [0.3, 0.4) is 0 Å². The van der Waals surface area contributed by atoms with Gasteiger partial charge in [0.15, 0.2) is 0 Å². The molecule has 2 aromatic heterocycles. The van der Waals surface area contributed by atoms with Crippen LogP contribution in [-0.2, 0) is 11.2 Å². The SMILES string of the molecule is Cc1[nH]ncc1C(=O)N1CCO[C@H](c2cccc(Cc3ccccc3Cl)n2)C1. The number of rotatable bonds is 4. The van der Waals surface area contributed by atoms with Crippen LogP contribution in [0, 0.1) is 6.92 Å². The van der Waals surface area contributed by atoms with E-state index in [0.29, 0.717) is 31.7 Å². The van der Waals surface area contributed by atoms with E-state index in [1.165, 1.54) is 0 Å². The molecule has 4 rings (SSSR count). The lowest BCUT2D eigenvalue weighted by Gasteiger charge is -2.32. The van der Waals surface area contributed by atoms with E-state index in [1.54, 1.807) is 11.1 Å². The Bertz CT molecular complexity index is 988. The lowest BCUT2D eigenvalue weighted by atomic mass is 10.1. The number of aromatic amines is 1. The van der Waals surface area contributed by atoms with Gasteiger partial charge in [0, 0.05) is 29.4 Å². The van der Waals surface area contributed by atoms with Crippen molar-refractivity contribution in [2.24, 2.45) is 0 Å². The highest BCUT2D eigenvalue weighted by Gasteiger charge is 2.28. The first-order valence-electron chi connectivity index (χ1n) is 9.22. The fraction of sp³-hybridized carbons (Fsp3) is 0.286. The first-order chi connectivity index (χ1) is 13.6. The monoisotopic (exact) mass is 396 g/mol. The van der Waals surface area contributed by atoms with Crippen molar-refractivity contribution < 1.29 is 9.53 Å². The van der Waals surface area contributed by atoms with Crippen molar-refractivity contribution in [3.05, 3.63) is 81.9 Å². The standard InChI is InChI=1S/C21H21ClN4O2/c1-14-17(12-23-25-14)21(27)26-9-10-28-20(13-26)19-8-4-6-16(24-19)11-15-5-2-3-7-18(15)22/h2-8,12,20H,9-11,13H2,1H3,(H,23,25)/t20-/m0/s1. The lowest BCUT2D eigenvalue weighted by molar-refractivity contribution is -0.0248. The third-order valence-corrected chi connectivity index (χ3v) is 5.27. The molecular weight excluding hydrogens is 376 g/mol. The van der Waals surface area contributed by atoms with Crippen molar-refractivity contribution in [2.45, 2.75) is 19.4 Å². The number of carbonyl (C=O) groups is 1. The van der Waals surface area contributed by atoms with E-state index in [4.69, 9.17) is 21.3 Å². The number of morpholine rings is 1. The maximum absolute atomic E-state index is 12.8. The van der Waals surface area contributed by atoms with Crippen LogP contribution in [0.1, 0.15) is 39.1 Å². The van der Waals surface area contributed by atoms with E-state index >= 15 is 0 Å². The second-order valence-electron chi connectivity index (χ2n) is 6.84. The summed E-state index contributed by atoms with van der Waals surface area (Å²) in [6.07, 6.45) is 1.97. The van der Waals surface area contributed by atoms with E-state index in [2.05, 4.69) is 10.2 Å². The molecule has 0 radical (unpaired) electrons. The highest BCUT2D eigenvalue weighted by Crippen LogP contribution is 2.24. The number of nitrogens with one attached hydrogen (secondary N) is 1. The first-order valence-corrected chi connectivity index (χ1v) is 9.59. The first kappa shape index (κ1) is 18.7. The zero-order valence-corrected chi connectivity index (χ0v) is 16.3. The van der Waals surface area contributed by atoms with Crippen LogP contribution in [0.4, 0.5) is 0 Å². The third kappa shape index (κ3) is 3.93. The summed E-state index contributed by atoms with van der Waals surface area (Å²) in [6, 6.07) is 13.7. The van der Waals surface area contributed by atoms with Crippen molar-refractivity contribution in [1.29, 1.82) is 0 Å². The molecule has 28 heavy (non-hydrogen) atoms. The Morgan fingerprint density at radius 2 is 2.14 bits per heavy atom. The van der Waals surface area contributed by atoms with Crippen LogP contribution in [0.15, 0.2) is 48.7 Å². The van der Waals surface area contributed by atoms with Gasteiger partial charge in [0.25, 0.3) is 5.91 Å². The average Bonchev–Trinajstić information content (AvgIpc) is 3.15. The molecule has 0 bridgehead atoms. The Morgan fingerprint density at radius 1 is 1.29 bits per heavy atom. The molecule has 3 heterocycles. The molecular formula is C21H21ClN4O2. The minimum absolute atomic E-state index is 0.0354. The predicted molar refractivity (Wildman–Crippen MR) is 106 cm³/mol. The van der Waals surface area contributed by atoms with Crippen LogP contribution >= 0.6 is 11.6 Å². The number of ether oxygens (including phenoxy) is 1. The minimum Gasteiger partial charge on any atom is -0.368 e. The molecule has 0 unspecified atom stereocenters. The number of H-pyrrole nitrogens is 1. The molecule has 1 fully saturated rings. The summed E-state index contributed by atoms with van der Waals surface area (Å²) in [5.41, 5.74) is 4.15. The maximum atomic E-state index is 12.8. The molecule has 1 aliphatic rings. The van der Waals surface area contributed by atoms with Gasteiger partial charge in [-0.25, -0.2) is 0 Å². The summed E-state index contributed by atoms with van der Waals surface area (Å²) in [5, 5.41) is 7.49. The Labute approximate surface area is 168 Å². The number of aromatic nitrogens is 3. The number of pyridine rings is 1. The van der Waals surface area contributed by atoms with Gasteiger partial charge in [-0.15, -0.1) is 0 Å². The molecule has 1 saturated heterocycles. The minimum atomic E-state index is -0.254. The molecule has 1 amide bonds. The maximum Gasteiger partial charge on any atom is 0.257 e. The second-order valence-corrected chi connectivity index (χ2v) is 7.25. The zero-order valence-electron chi connectivity index (χ0n) is 15.6. The normalized spacial score (nSPS) is 16.9. The van der Waals surface area contributed by atoms with Crippen LogP contribution in [0.2, 0.25) is 5.02 Å². The number of carbonyl (C=O) groups excluding carboxylic acids is 1. The highest BCUT2D eigenvalue weighted by atomic mass is 35.5. The highest BCUT2D eigenvalue weighted by molar-refractivity contribution is 6.31. The summed E-state index contributed by atoms with van der Waals surface area (Å²) < 4.78 is 5.92. The predicted octanol–water partition coefficient (Wildman–Crippen LogP) is 3.57. The number of benzene rings is 1. The molecule has 3 aromatic rings. The summed E-state index contributed by atoms with van der Waals surface area (Å²) >= 11 is 6.27. The molecule has 1 aliphatic heterocycles. The van der Waals surface area contributed by atoms with Crippen molar-refractivity contribution in [3.63, 3.8) is 0 Å². The van der Waals surface area contributed by atoms with Gasteiger partial charge in [0.05, 0.1) is 30.6 Å². The zero-order chi connectivity index (χ0) is 19.5. The Kier molecular flexibility index (Phi) is 5.41. The van der Waals surface area contributed by atoms with E-state index in [-0.39, 0.29) is 12.0 Å². The molecule has 0 spiro atoms. The van der Waals surface area contributed by atoms with Gasteiger partial charge in [-0.2, -0.15) is 5.10 Å². The topological polar surface area (TPSA) is 71.1 Å². The van der Waals surface area contributed by atoms with Gasteiger partial charge < -0.3 is 9.64 Å². The molecule has 144 valence electrons. The average molecular weight is 397 g/mol. The molecule has 6 nitrogen and oxygen atoms in total. The summed E-state index contributed by atoms with van der Waals surface area (Å²) in [7, 11) is 0. The van der Waals surface area contributed by atoms with E-state index in [1.807, 2.05) is 49.4 Å². The van der Waals surface area contributed by atoms with Gasteiger partial charge in [-0.1, -0.05) is 35.9 Å². The van der Waals surface area contributed by atoms with Crippen molar-refractivity contribution in [3.8, 4) is 0 Å². The van der Waals surface area contributed by atoms with E-state index in [0.717, 1.165) is 27.7 Å². The Balaban J connectivity index is 1.50. The summed E-state index contributed by atoms with van der Waals surface area (Å²) in [6.45, 7) is 3.34. The number of hydrogen-bond acceptors (Lipinski definition) is 4. The molecule has 1 aromatic carbocycles. The molecule has 0 aliphatic carbocycles. The molecule has 7 heteroatoms. The summed E-state index contributed by atoms with van der Waals surface area (Å²) in [4.78, 5) is 19.3. The fourth-order valence-corrected chi connectivity index (χ4v) is 3.56. The van der Waals surface area contributed by atoms with Crippen molar-refractivity contribution in [2.75, 3.05) is 19.7 Å². The Morgan fingerprint density at radius 3 is 2.93 bits per heavy atom. The van der Waals surface area contributed by atoms with Crippen LogP contribution in [0.25, 0.3) is 0 Å². The quantitative estimate of drug-likeness (QED) is 0.731. The number of hydrogen-bond donors (Lipinski definition) is 1. The van der Waals surface area contributed by atoms with Crippen molar-refractivity contribution in [1.82, 2.24) is 20.1 Å². The van der Waals surface area contributed by atoms with Gasteiger partial charge in [0.2, 0.25) is 0 Å². The van der Waals surface area contributed by atoms with E-state index < -0.39 is 0 Å². The van der Waals surface area contributed by atoms with Crippen LogP contribution in [-0.4, -0.2) is 45.7 Å². The molecule has 1 N–H and O–H groups in total. The summed E-state index contributed by atoms with van der Waals surface area (Å²) in [5.74, 6) is -0.0354. The third-order valence-electron chi connectivity index (χ3n) is 4.90. The number of nitrogens with zero attached hydrogens (tertiary/aromatic N) is 3. The lowest BCUT2D eigenvalue weighted by Crippen LogP contribution is -2.42. The van der Waals surface area contributed by atoms with Crippen LogP contribution < -0.4 is 0 Å². The van der Waals surface area contributed by atoms with Crippen LogP contribution in [0.5, 0.6) is 0 Å². The van der Waals surface area contributed by atoms with Gasteiger partial charge >= 0.3 is 0 Å². The second kappa shape index (κ2) is 8.12. The Hall–Kier alpha value is -2.70. The van der Waals surface area contributed by atoms with Gasteiger partial charge in [0.1, 0.15) is 6.10 Å². The van der Waals surface area contributed by atoms with Crippen molar-refractivity contribution >= 4 is 17.5 Å². The van der Waals surface area contributed by atoms with E-state index in [9.17, 15) is 4.79 Å². The molecule has 1 atom stereocenters. The van der Waals surface area contributed by atoms with Gasteiger partial charge in [-0.05, 0) is 30.7 Å². The number of halogens is 1. The van der Waals surface area contributed by atoms with Gasteiger partial charge in [-0.3, -0.25) is 14.9 Å². The largest absolute Gasteiger partial charge is 0.368 e. The molecule has 0 saturated carbocycles. The number of amides is 1. The fourth-order valence-electron chi connectivity index (χ4n) is 3.36.